The average molecular weight is 306 g/mol. The zero-order valence-corrected chi connectivity index (χ0v) is 12.1. The predicted molar refractivity (Wildman–Crippen MR) is 77.1 cm³/mol. The van der Waals surface area contributed by atoms with E-state index in [1.54, 1.807) is 19.1 Å². The Morgan fingerprint density at radius 1 is 1.33 bits per heavy atom. The van der Waals surface area contributed by atoms with Crippen molar-refractivity contribution in [3.05, 3.63) is 41.8 Å². The molecule has 0 aliphatic rings. The van der Waals surface area contributed by atoms with E-state index in [-0.39, 0.29) is 17.5 Å². The second kappa shape index (κ2) is 6.43. The normalized spacial score (nSPS) is 10.8. The van der Waals surface area contributed by atoms with E-state index in [4.69, 9.17) is 9.52 Å². The van der Waals surface area contributed by atoms with Crippen molar-refractivity contribution in [2.75, 3.05) is 11.3 Å². The quantitative estimate of drug-likeness (QED) is 0.835. The predicted octanol–water partition coefficient (Wildman–Crippen LogP) is 1.52. The highest BCUT2D eigenvalue weighted by Crippen LogP contribution is 2.15. The second-order valence-electron chi connectivity index (χ2n) is 4.20. The molecule has 1 aromatic heterocycles. The standard InChI is InChI=1S/C14H14N2O4S/c1-11-10-20-14(15-11)16-21(18,19)13-7-5-12(6-8-13)4-2-3-9-17/h5-8,10,17H,3,9H2,1H3,(H,15,16). The van der Waals surface area contributed by atoms with Crippen molar-refractivity contribution in [3.63, 3.8) is 0 Å². The summed E-state index contributed by atoms with van der Waals surface area (Å²) in [6.07, 6.45) is 1.74. The van der Waals surface area contributed by atoms with E-state index in [9.17, 15) is 8.42 Å². The number of oxazole rings is 1. The van der Waals surface area contributed by atoms with E-state index in [0.29, 0.717) is 17.7 Å². The van der Waals surface area contributed by atoms with Crippen LogP contribution in [0.4, 0.5) is 6.01 Å². The third kappa shape index (κ3) is 4.08. The number of nitrogens with zero attached hydrogens (tertiary/aromatic N) is 1. The Morgan fingerprint density at radius 3 is 2.62 bits per heavy atom. The van der Waals surface area contributed by atoms with Crippen LogP contribution >= 0.6 is 0 Å². The molecule has 0 spiro atoms. The molecule has 0 amide bonds. The average Bonchev–Trinajstić information content (AvgIpc) is 2.84. The maximum atomic E-state index is 12.1. The van der Waals surface area contributed by atoms with Gasteiger partial charge in [0.15, 0.2) is 0 Å². The van der Waals surface area contributed by atoms with Crippen molar-refractivity contribution in [3.8, 4) is 11.8 Å². The molecule has 0 saturated carbocycles. The van der Waals surface area contributed by atoms with Crippen LogP contribution in [0, 0.1) is 18.8 Å². The minimum atomic E-state index is -3.74. The summed E-state index contributed by atoms with van der Waals surface area (Å²) < 4.78 is 31.4. The van der Waals surface area contributed by atoms with Gasteiger partial charge in [-0.05, 0) is 31.2 Å². The third-order valence-corrected chi connectivity index (χ3v) is 3.81. The van der Waals surface area contributed by atoms with Crippen LogP contribution in [0.2, 0.25) is 0 Å². The maximum Gasteiger partial charge on any atom is 0.309 e. The van der Waals surface area contributed by atoms with E-state index >= 15 is 0 Å². The first-order valence-corrected chi connectivity index (χ1v) is 7.64. The molecule has 110 valence electrons. The number of hydrogen-bond acceptors (Lipinski definition) is 5. The van der Waals surface area contributed by atoms with Crippen molar-refractivity contribution in [1.29, 1.82) is 0 Å². The second-order valence-corrected chi connectivity index (χ2v) is 5.88. The fourth-order valence-corrected chi connectivity index (χ4v) is 2.45. The minimum absolute atomic E-state index is 0.00104. The van der Waals surface area contributed by atoms with Crippen molar-refractivity contribution in [1.82, 2.24) is 4.98 Å². The number of hydrogen-bond donors (Lipinski definition) is 2. The van der Waals surface area contributed by atoms with E-state index in [1.165, 1.54) is 18.4 Å². The summed E-state index contributed by atoms with van der Waals surface area (Å²) in [5.74, 6) is 5.58. The summed E-state index contributed by atoms with van der Waals surface area (Å²) in [4.78, 5) is 3.97. The summed E-state index contributed by atoms with van der Waals surface area (Å²) in [5.41, 5.74) is 1.26. The summed E-state index contributed by atoms with van der Waals surface area (Å²) >= 11 is 0. The van der Waals surface area contributed by atoms with Gasteiger partial charge in [0.1, 0.15) is 6.26 Å². The molecule has 6 nitrogen and oxygen atoms in total. The first-order chi connectivity index (χ1) is 10.0. The lowest BCUT2D eigenvalue weighted by Crippen LogP contribution is -2.13. The zero-order chi connectivity index (χ0) is 15.3. The molecule has 0 bridgehead atoms. The number of aliphatic hydroxyl groups is 1. The molecular weight excluding hydrogens is 292 g/mol. The van der Waals surface area contributed by atoms with Crippen LogP contribution in [-0.2, 0) is 10.0 Å². The number of anilines is 1. The molecule has 0 radical (unpaired) electrons. The van der Waals surface area contributed by atoms with Crippen molar-refractivity contribution in [2.24, 2.45) is 0 Å². The molecule has 0 fully saturated rings. The molecule has 2 aromatic rings. The van der Waals surface area contributed by atoms with Gasteiger partial charge >= 0.3 is 6.01 Å². The van der Waals surface area contributed by atoms with Gasteiger partial charge in [-0.1, -0.05) is 11.8 Å². The maximum absolute atomic E-state index is 12.1. The Kier molecular flexibility index (Phi) is 4.62. The summed E-state index contributed by atoms with van der Waals surface area (Å²) in [6.45, 7) is 1.69. The fourth-order valence-electron chi connectivity index (χ4n) is 1.51. The van der Waals surface area contributed by atoms with Gasteiger partial charge in [0.25, 0.3) is 10.0 Å². The Morgan fingerprint density at radius 2 is 2.05 bits per heavy atom. The van der Waals surface area contributed by atoms with Crippen LogP contribution in [-0.4, -0.2) is 25.1 Å². The summed E-state index contributed by atoms with van der Waals surface area (Å²) in [6, 6.07) is 6.01. The van der Waals surface area contributed by atoms with Crippen LogP contribution in [0.15, 0.2) is 39.8 Å². The molecule has 1 heterocycles. The van der Waals surface area contributed by atoms with Crippen molar-refractivity contribution < 1.29 is 17.9 Å². The molecule has 0 unspecified atom stereocenters. The zero-order valence-electron chi connectivity index (χ0n) is 11.3. The van der Waals surface area contributed by atoms with E-state index in [1.807, 2.05) is 0 Å². The van der Waals surface area contributed by atoms with Crippen LogP contribution in [0.1, 0.15) is 17.7 Å². The summed E-state index contributed by atoms with van der Waals surface area (Å²) in [7, 11) is -3.74. The Balaban J connectivity index is 2.15. The SMILES string of the molecule is Cc1coc(NS(=O)(=O)c2ccc(C#CCCO)cc2)n1. The van der Waals surface area contributed by atoms with E-state index < -0.39 is 10.0 Å². The summed E-state index contributed by atoms with van der Waals surface area (Å²) in [5, 5.41) is 8.63. The minimum Gasteiger partial charge on any atom is -0.431 e. The third-order valence-electron chi connectivity index (χ3n) is 2.47. The first kappa shape index (κ1) is 15.1. The lowest BCUT2D eigenvalue weighted by molar-refractivity contribution is 0.305. The molecule has 0 saturated heterocycles. The number of nitrogens with one attached hydrogen (secondary N) is 1. The fraction of sp³-hybridized carbons (Fsp3) is 0.214. The van der Waals surface area contributed by atoms with Gasteiger partial charge in [-0.25, -0.2) is 13.1 Å². The van der Waals surface area contributed by atoms with Crippen LogP contribution < -0.4 is 4.72 Å². The molecule has 0 atom stereocenters. The van der Waals surface area contributed by atoms with Gasteiger partial charge in [-0.3, -0.25) is 0 Å². The highest BCUT2D eigenvalue weighted by atomic mass is 32.2. The van der Waals surface area contributed by atoms with E-state index in [0.717, 1.165) is 0 Å². The molecule has 7 heteroatoms. The number of aromatic nitrogens is 1. The van der Waals surface area contributed by atoms with E-state index in [2.05, 4.69) is 21.5 Å². The lowest BCUT2D eigenvalue weighted by Gasteiger charge is -2.04. The lowest BCUT2D eigenvalue weighted by atomic mass is 10.2. The Bertz CT molecular complexity index is 767. The van der Waals surface area contributed by atoms with Crippen molar-refractivity contribution >= 4 is 16.0 Å². The van der Waals surface area contributed by atoms with Crippen LogP contribution in [0.3, 0.4) is 0 Å². The molecular formula is C14H14N2O4S. The van der Waals surface area contributed by atoms with Gasteiger partial charge in [-0.15, -0.1) is 0 Å². The highest BCUT2D eigenvalue weighted by Gasteiger charge is 2.16. The molecule has 21 heavy (non-hydrogen) atoms. The molecule has 1 aromatic carbocycles. The number of rotatable bonds is 4. The Hall–Kier alpha value is -2.30. The number of sulfonamides is 1. The van der Waals surface area contributed by atoms with Gasteiger partial charge in [-0.2, -0.15) is 4.98 Å². The molecule has 2 rings (SSSR count). The number of benzene rings is 1. The largest absolute Gasteiger partial charge is 0.431 e. The topological polar surface area (TPSA) is 92.4 Å². The number of aryl methyl sites for hydroxylation is 1. The number of aliphatic hydroxyl groups excluding tert-OH is 1. The smallest absolute Gasteiger partial charge is 0.309 e. The molecule has 0 aliphatic carbocycles. The first-order valence-electron chi connectivity index (χ1n) is 6.16. The Labute approximate surface area is 122 Å². The molecule has 0 aliphatic heterocycles. The van der Waals surface area contributed by atoms with Crippen molar-refractivity contribution in [2.45, 2.75) is 18.2 Å². The van der Waals surface area contributed by atoms with Crippen LogP contribution in [0.5, 0.6) is 0 Å². The highest BCUT2D eigenvalue weighted by molar-refractivity contribution is 7.92. The van der Waals surface area contributed by atoms with Gasteiger partial charge in [0, 0.05) is 12.0 Å². The van der Waals surface area contributed by atoms with Gasteiger partial charge in [0.05, 0.1) is 17.2 Å². The van der Waals surface area contributed by atoms with Crippen LogP contribution in [0.25, 0.3) is 0 Å². The monoisotopic (exact) mass is 306 g/mol. The van der Waals surface area contributed by atoms with Gasteiger partial charge in [0.2, 0.25) is 0 Å². The van der Waals surface area contributed by atoms with Gasteiger partial charge < -0.3 is 9.52 Å². The molecule has 2 N–H and O–H groups in total.